The molecule has 0 atom stereocenters. The van der Waals surface area contributed by atoms with Gasteiger partial charge >= 0.3 is 0 Å². The summed E-state index contributed by atoms with van der Waals surface area (Å²) in [6, 6.07) is 17.4. The largest absolute Gasteiger partial charge is 0.316 e. The molecule has 5 heteroatoms. The van der Waals surface area contributed by atoms with E-state index >= 15 is 0 Å². The van der Waals surface area contributed by atoms with E-state index in [1.165, 1.54) is 0 Å². The Bertz CT molecular complexity index is 652. The Hall–Kier alpha value is -1.85. The van der Waals surface area contributed by atoms with Crippen molar-refractivity contribution in [2.75, 3.05) is 23.6 Å². The standard InChI is InChI=1S/C16H20N2O2S/c1-2-17-12-13-21(19,20)18-16-10-8-15(9-11-16)14-6-4-3-5-7-14/h3-11,17-18H,2,12-13H2,1H3. The van der Waals surface area contributed by atoms with Gasteiger partial charge in [0.15, 0.2) is 0 Å². The lowest BCUT2D eigenvalue weighted by Gasteiger charge is -2.09. The van der Waals surface area contributed by atoms with Gasteiger partial charge in [0, 0.05) is 12.2 Å². The quantitative estimate of drug-likeness (QED) is 0.773. The monoisotopic (exact) mass is 304 g/mol. The summed E-state index contributed by atoms with van der Waals surface area (Å²) in [5.41, 5.74) is 2.76. The van der Waals surface area contributed by atoms with E-state index in [4.69, 9.17) is 0 Å². The predicted octanol–water partition coefficient (Wildman–Crippen LogP) is 2.70. The van der Waals surface area contributed by atoms with Crippen molar-refractivity contribution in [2.45, 2.75) is 6.92 Å². The van der Waals surface area contributed by atoms with Crippen LogP contribution < -0.4 is 10.0 Å². The van der Waals surface area contributed by atoms with Gasteiger partial charge in [-0.25, -0.2) is 8.42 Å². The summed E-state index contributed by atoms with van der Waals surface area (Å²) < 4.78 is 26.3. The highest BCUT2D eigenvalue weighted by atomic mass is 32.2. The number of sulfonamides is 1. The maximum Gasteiger partial charge on any atom is 0.233 e. The molecule has 2 rings (SSSR count). The summed E-state index contributed by atoms with van der Waals surface area (Å²) in [4.78, 5) is 0. The molecule has 0 spiro atoms. The maximum atomic E-state index is 11.9. The summed E-state index contributed by atoms with van der Waals surface area (Å²) in [6.45, 7) is 3.16. The SMILES string of the molecule is CCNCCS(=O)(=O)Nc1ccc(-c2ccccc2)cc1. The molecule has 4 nitrogen and oxygen atoms in total. The summed E-state index contributed by atoms with van der Waals surface area (Å²) in [6.07, 6.45) is 0. The van der Waals surface area contributed by atoms with E-state index in [9.17, 15) is 8.42 Å². The minimum absolute atomic E-state index is 0.0707. The van der Waals surface area contributed by atoms with Gasteiger partial charge in [0.2, 0.25) is 10.0 Å². The predicted molar refractivity (Wildman–Crippen MR) is 87.8 cm³/mol. The third-order valence-corrected chi connectivity index (χ3v) is 4.35. The smallest absolute Gasteiger partial charge is 0.233 e. The second kappa shape index (κ2) is 7.24. The van der Waals surface area contributed by atoms with Crippen LogP contribution in [0.5, 0.6) is 0 Å². The van der Waals surface area contributed by atoms with Crippen LogP contribution in [-0.2, 0) is 10.0 Å². The topological polar surface area (TPSA) is 58.2 Å². The summed E-state index contributed by atoms with van der Waals surface area (Å²) >= 11 is 0. The third-order valence-electron chi connectivity index (χ3n) is 3.06. The summed E-state index contributed by atoms with van der Waals surface area (Å²) in [7, 11) is -3.30. The molecular weight excluding hydrogens is 284 g/mol. The Labute approximate surface area is 126 Å². The fourth-order valence-corrected chi connectivity index (χ4v) is 2.99. The van der Waals surface area contributed by atoms with E-state index in [2.05, 4.69) is 10.0 Å². The normalized spacial score (nSPS) is 11.3. The Balaban J connectivity index is 2.03. The average molecular weight is 304 g/mol. The van der Waals surface area contributed by atoms with Crippen LogP contribution in [-0.4, -0.2) is 27.3 Å². The van der Waals surface area contributed by atoms with E-state index in [1.54, 1.807) is 12.1 Å². The Kier molecular flexibility index (Phi) is 5.36. The van der Waals surface area contributed by atoms with Gasteiger partial charge < -0.3 is 5.32 Å². The molecule has 0 radical (unpaired) electrons. The number of benzene rings is 2. The molecular formula is C16H20N2O2S. The first-order chi connectivity index (χ1) is 10.1. The molecule has 2 aromatic rings. The molecule has 0 saturated heterocycles. The Morgan fingerprint density at radius 3 is 2.14 bits per heavy atom. The first-order valence-electron chi connectivity index (χ1n) is 6.97. The number of rotatable bonds is 7. The van der Waals surface area contributed by atoms with Crippen molar-refractivity contribution < 1.29 is 8.42 Å². The summed E-state index contributed by atoms with van der Waals surface area (Å²) in [5, 5.41) is 3.00. The van der Waals surface area contributed by atoms with Crippen LogP contribution in [0.1, 0.15) is 6.92 Å². The average Bonchev–Trinajstić information content (AvgIpc) is 2.49. The van der Waals surface area contributed by atoms with Crippen molar-refractivity contribution in [3.63, 3.8) is 0 Å². The Morgan fingerprint density at radius 2 is 1.52 bits per heavy atom. The number of hydrogen-bond acceptors (Lipinski definition) is 3. The Morgan fingerprint density at radius 1 is 0.905 bits per heavy atom. The van der Waals surface area contributed by atoms with Crippen LogP contribution in [0.15, 0.2) is 54.6 Å². The van der Waals surface area contributed by atoms with E-state index in [0.29, 0.717) is 12.2 Å². The maximum absolute atomic E-state index is 11.9. The van der Waals surface area contributed by atoms with Crippen LogP contribution in [0.3, 0.4) is 0 Å². The van der Waals surface area contributed by atoms with Crippen molar-refractivity contribution in [3.8, 4) is 11.1 Å². The zero-order chi connectivity index (χ0) is 15.1. The lowest BCUT2D eigenvalue weighted by Crippen LogP contribution is -2.26. The number of hydrogen-bond donors (Lipinski definition) is 2. The van der Waals surface area contributed by atoms with Crippen molar-refractivity contribution in [1.29, 1.82) is 0 Å². The lowest BCUT2D eigenvalue weighted by molar-refractivity contribution is 0.597. The van der Waals surface area contributed by atoms with E-state index < -0.39 is 10.0 Å². The van der Waals surface area contributed by atoms with Gasteiger partial charge in [0.05, 0.1) is 5.75 Å². The van der Waals surface area contributed by atoms with Gasteiger partial charge in [-0.1, -0.05) is 49.4 Å². The second-order valence-electron chi connectivity index (χ2n) is 4.72. The lowest BCUT2D eigenvalue weighted by atomic mass is 10.1. The van der Waals surface area contributed by atoms with Gasteiger partial charge in [0.25, 0.3) is 0 Å². The first-order valence-corrected chi connectivity index (χ1v) is 8.62. The van der Waals surface area contributed by atoms with Crippen LogP contribution in [0, 0.1) is 0 Å². The van der Waals surface area contributed by atoms with Crippen molar-refractivity contribution in [1.82, 2.24) is 5.32 Å². The zero-order valence-corrected chi connectivity index (χ0v) is 12.9. The molecule has 112 valence electrons. The van der Waals surface area contributed by atoms with E-state index in [0.717, 1.165) is 17.7 Å². The second-order valence-corrected chi connectivity index (χ2v) is 6.56. The molecule has 0 fully saturated rings. The minimum Gasteiger partial charge on any atom is -0.316 e. The fourth-order valence-electron chi connectivity index (χ4n) is 1.98. The first kappa shape index (κ1) is 15.5. The molecule has 0 bridgehead atoms. The fraction of sp³-hybridized carbons (Fsp3) is 0.250. The van der Waals surface area contributed by atoms with Gasteiger partial charge in [-0.2, -0.15) is 0 Å². The van der Waals surface area contributed by atoms with Crippen molar-refractivity contribution in [3.05, 3.63) is 54.6 Å². The molecule has 0 aliphatic rings. The highest BCUT2D eigenvalue weighted by Gasteiger charge is 2.09. The molecule has 0 aliphatic carbocycles. The minimum atomic E-state index is -3.30. The molecule has 0 heterocycles. The molecule has 0 amide bonds. The molecule has 2 aromatic carbocycles. The highest BCUT2D eigenvalue weighted by molar-refractivity contribution is 7.92. The van der Waals surface area contributed by atoms with Crippen LogP contribution in [0.25, 0.3) is 11.1 Å². The molecule has 0 aliphatic heterocycles. The van der Waals surface area contributed by atoms with E-state index in [-0.39, 0.29) is 5.75 Å². The molecule has 0 aromatic heterocycles. The van der Waals surface area contributed by atoms with Gasteiger partial charge in [-0.05, 0) is 29.8 Å². The van der Waals surface area contributed by atoms with Crippen molar-refractivity contribution >= 4 is 15.7 Å². The van der Waals surface area contributed by atoms with Crippen LogP contribution in [0.2, 0.25) is 0 Å². The summed E-state index contributed by atoms with van der Waals surface area (Å²) in [5.74, 6) is 0.0707. The van der Waals surface area contributed by atoms with E-state index in [1.807, 2.05) is 49.4 Å². The zero-order valence-electron chi connectivity index (χ0n) is 12.0. The highest BCUT2D eigenvalue weighted by Crippen LogP contribution is 2.21. The van der Waals surface area contributed by atoms with Gasteiger partial charge in [-0.3, -0.25) is 4.72 Å². The van der Waals surface area contributed by atoms with Crippen LogP contribution >= 0.6 is 0 Å². The van der Waals surface area contributed by atoms with Crippen LogP contribution in [0.4, 0.5) is 5.69 Å². The number of nitrogens with one attached hydrogen (secondary N) is 2. The van der Waals surface area contributed by atoms with Crippen molar-refractivity contribution in [2.24, 2.45) is 0 Å². The third kappa shape index (κ3) is 4.88. The van der Waals surface area contributed by atoms with Gasteiger partial charge in [0.1, 0.15) is 0 Å². The molecule has 2 N–H and O–H groups in total. The molecule has 0 saturated carbocycles. The molecule has 21 heavy (non-hydrogen) atoms. The van der Waals surface area contributed by atoms with Gasteiger partial charge in [-0.15, -0.1) is 0 Å². The number of anilines is 1. The molecule has 0 unspecified atom stereocenters.